The van der Waals surface area contributed by atoms with Crippen molar-refractivity contribution in [3.8, 4) is 0 Å². The maximum absolute atomic E-state index is 10.1. The molecule has 3 rings (SSSR count). The molecule has 0 spiro atoms. The Labute approximate surface area is 132 Å². The molecule has 0 fully saturated rings. The van der Waals surface area contributed by atoms with Crippen molar-refractivity contribution in [2.24, 2.45) is 0 Å². The fourth-order valence-electron chi connectivity index (χ4n) is 2.13. The molecule has 116 valence electrons. The SMILES string of the molecule is CC(C)(C)c1nnc2ccc(NCC(O)c3ccsc3)nn12. The van der Waals surface area contributed by atoms with Crippen molar-refractivity contribution < 1.29 is 5.11 Å². The Morgan fingerprint density at radius 3 is 2.77 bits per heavy atom. The van der Waals surface area contributed by atoms with Gasteiger partial charge in [-0.2, -0.15) is 15.9 Å². The van der Waals surface area contributed by atoms with E-state index in [0.717, 1.165) is 11.4 Å². The van der Waals surface area contributed by atoms with Gasteiger partial charge in [-0.25, -0.2) is 0 Å². The van der Waals surface area contributed by atoms with Crippen LogP contribution in [0, 0.1) is 0 Å². The van der Waals surface area contributed by atoms with E-state index in [-0.39, 0.29) is 5.41 Å². The second-order valence-electron chi connectivity index (χ2n) is 6.22. The molecule has 7 heteroatoms. The van der Waals surface area contributed by atoms with E-state index < -0.39 is 6.10 Å². The molecule has 1 atom stereocenters. The minimum atomic E-state index is -0.549. The molecule has 1 unspecified atom stereocenters. The minimum absolute atomic E-state index is 0.138. The Morgan fingerprint density at radius 1 is 1.27 bits per heavy atom. The lowest BCUT2D eigenvalue weighted by Crippen LogP contribution is -2.18. The summed E-state index contributed by atoms with van der Waals surface area (Å²) in [6.45, 7) is 6.63. The van der Waals surface area contributed by atoms with Gasteiger partial charge in [0.1, 0.15) is 5.82 Å². The Kier molecular flexibility index (Phi) is 3.84. The lowest BCUT2D eigenvalue weighted by molar-refractivity contribution is 0.192. The van der Waals surface area contributed by atoms with E-state index in [4.69, 9.17) is 0 Å². The molecular weight excluding hydrogens is 298 g/mol. The minimum Gasteiger partial charge on any atom is -0.387 e. The van der Waals surface area contributed by atoms with Crippen LogP contribution in [0.25, 0.3) is 5.65 Å². The van der Waals surface area contributed by atoms with Gasteiger partial charge in [0, 0.05) is 12.0 Å². The third-order valence-electron chi connectivity index (χ3n) is 3.34. The third-order valence-corrected chi connectivity index (χ3v) is 4.04. The molecule has 0 aromatic carbocycles. The van der Waals surface area contributed by atoms with Crippen molar-refractivity contribution in [1.82, 2.24) is 19.8 Å². The number of aromatic nitrogens is 4. The number of rotatable bonds is 4. The van der Waals surface area contributed by atoms with E-state index in [9.17, 15) is 5.11 Å². The van der Waals surface area contributed by atoms with Crippen LogP contribution in [0.3, 0.4) is 0 Å². The zero-order chi connectivity index (χ0) is 15.7. The van der Waals surface area contributed by atoms with Crippen molar-refractivity contribution >= 4 is 22.8 Å². The van der Waals surface area contributed by atoms with Gasteiger partial charge in [-0.3, -0.25) is 0 Å². The fourth-order valence-corrected chi connectivity index (χ4v) is 2.84. The summed E-state index contributed by atoms with van der Waals surface area (Å²) in [4.78, 5) is 0. The van der Waals surface area contributed by atoms with E-state index in [1.165, 1.54) is 0 Å². The molecule has 0 amide bonds. The van der Waals surface area contributed by atoms with Gasteiger partial charge in [0.2, 0.25) is 0 Å². The van der Waals surface area contributed by atoms with Crippen molar-refractivity contribution in [3.63, 3.8) is 0 Å². The van der Waals surface area contributed by atoms with Gasteiger partial charge in [0.05, 0.1) is 6.10 Å². The van der Waals surface area contributed by atoms with Crippen LogP contribution in [0.2, 0.25) is 0 Å². The van der Waals surface area contributed by atoms with Crippen LogP contribution in [-0.4, -0.2) is 31.5 Å². The summed E-state index contributed by atoms with van der Waals surface area (Å²) in [6.07, 6.45) is -0.549. The van der Waals surface area contributed by atoms with Crippen LogP contribution in [0.5, 0.6) is 0 Å². The summed E-state index contributed by atoms with van der Waals surface area (Å²) in [7, 11) is 0. The van der Waals surface area contributed by atoms with Crippen molar-refractivity contribution in [2.75, 3.05) is 11.9 Å². The van der Waals surface area contributed by atoms with Crippen LogP contribution in [0.4, 0.5) is 5.82 Å². The second kappa shape index (κ2) is 5.66. The Bertz CT molecular complexity index is 760. The summed E-state index contributed by atoms with van der Waals surface area (Å²) < 4.78 is 1.75. The number of aliphatic hydroxyl groups excluding tert-OH is 1. The van der Waals surface area contributed by atoms with Gasteiger partial charge in [-0.05, 0) is 34.5 Å². The highest BCUT2D eigenvalue weighted by molar-refractivity contribution is 7.07. The first kappa shape index (κ1) is 14.9. The maximum atomic E-state index is 10.1. The molecule has 3 aromatic rings. The molecule has 2 N–H and O–H groups in total. The van der Waals surface area contributed by atoms with E-state index in [2.05, 4.69) is 41.4 Å². The number of anilines is 1. The van der Waals surface area contributed by atoms with Gasteiger partial charge in [0.25, 0.3) is 0 Å². The Balaban J connectivity index is 1.80. The highest BCUT2D eigenvalue weighted by atomic mass is 32.1. The van der Waals surface area contributed by atoms with Crippen LogP contribution >= 0.6 is 11.3 Å². The predicted molar refractivity (Wildman–Crippen MR) is 87.3 cm³/mol. The summed E-state index contributed by atoms with van der Waals surface area (Å²) in [5.41, 5.74) is 1.49. The first-order chi connectivity index (χ1) is 10.4. The van der Waals surface area contributed by atoms with E-state index in [0.29, 0.717) is 18.0 Å². The molecule has 0 saturated heterocycles. The van der Waals surface area contributed by atoms with Crippen LogP contribution in [0.15, 0.2) is 29.0 Å². The largest absolute Gasteiger partial charge is 0.387 e. The topological polar surface area (TPSA) is 75.3 Å². The summed E-state index contributed by atoms with van der Waals surface area (Å²) in [5.74, 6) is 1.50. The number of aliphatic hydroxyl groups is 1. The normalized spacial score (nSPS) is 13.5. The summed E-state index contributed by atoms with van der Waals surface area (Å²) >= 11 is 1.57. The number of nitrogens with zero attached hydrogens (tertiary/aromatic N) is 4. The van der Waals surface area contributed by atoms with E-state index in [1.807, 2.05) is 29.0 Å². The zero-order valence-electron chi connectivity index (χ0n) is 12.8. The monoisotopic (exact) mass is 317 g/mol. The molecule has 0 aliphatic carbocycles. The molecule has 3 heterocycles. The van der Waals surface area contributed by atoms with Crippen LogP contribution in [0.1, 0.15) is 38.3 Å². The molecular formula is C15H19N5OS. The molecule has 0 bridgehead atoms. The third kappa shape index (κ3) is 2.95. The van der Waals surface area contributed by atoms with Gasteiger partial charge in [-0.1, -0.05) is 20.8 Å². The quantitative estimate of drug-likeness (QED) is 0.773. The Hall–Kier alpha value is -1.99. The van der Waals surface area contributed by atoms with E-state index in [1.54, 1.807) is 15.9 Å². The lowest BCUT2D eigenvalue weighted by Gasteiger charge is -2.15. The average Bonchev–Trinajstić information content (AvgIpc) is 3.12. The number of hydrogen-bond donors (Lipinski definition) is 2. The first-order valence-electron chi connectivity index (χ1n) is 7.12. The molecule has 3 aromatic heterocycles. The molecule has 22 heavy (non-hydrogen) atoms. The predicted octanol–water partition coefficient (Wildman–Crippen LogP) is 2.63. The fraction of sp³-hybridized carbons (Fsp3) is 0.400. The molecule has 0 aliphatic rings. The van der Waals surface area contributed by atoms with Crippen LogP contribution < -0.4 is 5.32 Å². The zero-order valence-corrected chi connectivity index (χ0v) is 13.6. The number of thiophene rings is 1. The van der Waals surface area contributed by atoms with Gasteiger partial charge >= 0.3 is 0 Å². The van der Waals surface area contributed by atoms with Crippen molar-refractivity contribution in [2.45, 2.75) is 32.3 Å². The van der Waals surface area contributed by atoms with Gasteiger partial charge in [-0.15, -0.1) is 15.3 Å². The molecule has 0 saturated carbocycles. The lowest BCUT2D eigenvalue weighted by atomic mass is 9.96. The van der Waals surface area contributed by atoms with Crippen molar-refractivity contribution in [3.05, 3.63) is 40.3 Å². The number of fused-ring (bicyclic) bond motifs is 1. The summed E-state index contributed by atoms with van der Waals surface area (Å²) in [5, 5.41) is 30.1. The van der Waals surface area contributed by atoms with E-state index >= 15 is 0 Å². The number of hydrogen-bond acceptors (Lipinski definition) is 6. The highest BCUT2D eigenvalue weighted by Gasteiger charge is 2.21. The number of nitrogens with one attached hydrogen (secondary N) is 1. The van der Waals surface area contributed by atoms with Gasteiger partial charge < -0.3 is 10.4 Å². The Morgan fingerprint density at radius 2 is 2.09 bits per heavy atom. The molecule has 0 radical (unpaired) electrons. The standard InChI is InChI=1S/C15H19N5OS/c1-15(2,3)14-18-17-13-5-4-12(19-20(13)14)16-8-11(21)10-6-7-22-9-10/h4-7,9,11,21H,8H2,1-3H3,(H,16,19). The smallest absolute Gasteiger partial charge is 0.178 e. The van der Waals surface area contributed by atoms with Crippen molar-refractivity contribution in [1.29, 1.82) is 0 Å². The van der Waals surface area contributed by atoms with Gasteiger partial charge in [0.15, 0.2) is 11.5 Å². The summed E-state index contributed by atoms with van der Waals surface area (Å²) in [6, 6.07) is 5.64. The average molecular weight is 317 g/mol. The maximum Gasteiger partial charge on any atom is 0.178 e. The molecule has 6 nitrogen and oxygen atoms in total. The second-order valence-corrected chi connectivity index (χ2v) is 7.00. The first-order valence-corrected chi connectivity index (χ1v) is 8.06. The van der Waals surface area contributed by atoms with Crippen LogP contribution in [-0.2, 0) is 5.41 Å². The highest BCUT2D eigenvalue weighted by Crippen LogP contribution is 2.21. The molecule has 0 aliphatic heterocycles.